The van der Waals surface area contributed by atoms with Crippen molar-refractivity contribution in [3.8, 4) is 11.5 Å². The number of nitrogens with zero attached hydrogens (tertiary/aromatic N) is 2. The number of piperidine rings is 1. The second kappa shape index (κ2) is 17.2. The minimum atomic E-state index is -0.918. The molecule has 55 heavy (non-hydrogen) atoms. The Labute approximate surface area is 325 Å². The van der Waals surface area contributed by atoms with E-state index >= 15 is 0 Å². The Morgan fingerprint density at radius 3 is 1.95 bits per heavy atom. The zero-order chi connectivity index (χ0) is 39.3. The van der Waals surface area contributed by atoms with E-state index in [9.17, 15) is 19.2 Å². The molecule has 12 heteroatoms. The van der Waals surface area contributed by atoms with E-state index in [1.165, 1.54) is 32.6 Å². The van der Waals surface area contributed by atoms with Gasteiger partial charge in [-0.3, -0.25) is 24.5 Å². The summed E-state index contributed by atoms with van der Waals surface area (Å²) in [5.74, 6) is 1.30. The molecule has 2 saturated carbocycles. The van der Waals surface area contributed by atoms with Gasteiger partial charge in [-0.15, -0.1) is 0 Å². The summed E-state index contributed by atoms with van der Waals surface area (Å²) >= 11 is 0. The van der Waals surface area contributed by atoms with E-state index in [4.69, 9.17) is 24.7 Å². The van der Waals surface area contributed by atoms with Crippen molar-refractivity contribution in [1.82, 2.24) is 5.32 Å². The Bertz CT molecular complexity index is 1720. The molecule has 300 valence electrons. The Morgan fingerprint density at radius 2 is 1.38 bits per heavy atom. The topological polar surface area (TPSA) is 150 Å². The van der Waals surface area contributed by atoms with Gasteiger partial charge in [0.1, 0.15) is 35.5 Å². The van der Waals surface area contributed by atoms with E-state index < -0.39 is 10.8 Å². The number of imide groups is 1. The monoisotopic (exact) mass is 760 g/mol. The lowest BCUT2D eigenvalue weighted by molar-refractivity contribution is -0.155. The summed E-state index contributed by atoms with van der Waals surface area (Å²) in [7, 11) is 2.77. The van der Waals surface area contributed by atoms with Gasteiger partial charge in [0, 0.05) is 44.1 Å². The number of benzene rings is 2. The quantitative estimate of drug-likeness (QED) is 0.273. The van der Waals surface area contributed by atoms with Crippen LogP contribution in [-0.2, 0) is 28.7 Å². The van der Waals surface area contributed by atoms with Crippen LogP contribution in [0.4, 0.5) is 11.4 Å². The lowest BCUT2D eigenvalue weighted by Crippen LogP contribution is -2.57. The number of hydrogen-bond donors (Lipinski definition) is 2. The summed E-state index contributed by atoms with van der Waals surface area (Å²) in [6.07, 6.45) is 9.96. The first kappa shape index (κ1) is 40.3. The molecule has 2 aromatic rings. The van der Waals surface area contributed by atoms with E-state index in [0.29, 0.717) is 51.0 Å². The third kappa shape index (κ3) is 9.06. The maximum Gasteiger partial charge on any atom is 0.317 e. The average molecular weight is 761 g/mol. The summed E-state index contributed by atoms with van der Waals surface area (Å²) < 4.78 is 22.3. The predicted octanol–water partition coefficient (Wildman–Crippen LogP) is 5.77. The smallest absolute Gasteiger partial charge is 0.317 e. The van der Waals surface area contributed by atoms with Gasteiger partial charge in [0.05, 0.1) is 25.6 Å². The molecule has 1 spiro atoms. The normalized spacial score (nSPS) is 29.1. The van der Waals surface area contributed by atoms with Gasteiger partial charge < -0.3 is 34.5 Å². The second-order valence-corrected chi connectivity index (χ2v) is 16.8. The van der Waals surface area contributed by atoms with Gasteiger partial charge in [-0.25, -0.2) is 0 Å². The summed E-state index contributed by atoms with van der Waals surface area (Å²) in [6, 6.07) is 13.3. The van der Waals surface area contributed by atoms with Gasteiger partial charge >= 0.3 is 11.9 Å². The fourth-order valence-electron chi connectivity index (χ4n) is 9.03. The Morgan fingerprint density at radius 1 is 0.818 bits per heavy atom. The number of anilines is 2. The first-order chi connectivity index (χ1) is 26.3. The lowest BCUT2D eigenvalue weighted by Gasteiger charge is -2.42. The van der Waals surface area contributed by atoms with Crippen LogP contribution in [0.15, 0.2) is 36.4 Å². The summed E-state index contributed by atoms with van der Waals surface area (Å²) in [5, 5.41) is 2.53. The molecule has 1 saturated heterocycles. The fourth-order valence-corrected chi connectivity index (χ4v) is 9.03. The minimum absolute atomic E-state index is 0.153. The van der Waals surface area contributed by atoms with Crippen LogP contribution in [0.1, 0.15) is 95.1 Å². The zero-order valence-electron chi connectivity index (χ0n) is 33.3. The van der Waals surface area contributed by atoms with Crippen LogP contribution >= 0.6 is 0 Å². The number of carbonyl (C=O) groups excluding carboxylic acids is 4. The van der Waals surface area contributed by atoms with E-state index in [1.54, 1.807) is 0 Å². The predicted molar refractivity (Wildman–Crippen MR) is 210 cm³/mol. The van der Waals surface area contributed by atoms with Gasteiger partial charge in [-0.05, 0) is 119 Å². The van der Waals surface area contributed by atoms with Crippen molar-refractivity contribution in [1.29, 1.82) is 0 Å². The maximum absolute atomic E-state index is 13.0. The van der Waals surface area contributed by atoms with Crippen LogP contribution in [0.25, 0.3) is 0 Å². The van der Waals surface area contributed by atoms with Crippen LogP contribution in [0, 0.1) is 30.6 Å². The molecule has 3 fully saturated rings. The number of hydrogen-bond acceptors (Lipinski definition) is 11. The molecule has 2 amide bonds. The van der Waals surface area contributed by atoms with E-state index in [-0.39, 0.29) is 42.8 Å². The Balaban J connectivity index is 0.000000188. The van der Waals surface area contributed by atoms with Gasteiger partial charge in [0.25, 0.3) is 0 Å². The minimum Gasteiger partial charge on any atom is -0.490 e. The number of rotatable bonds is 6. The number of nitrogens with two attached hydrogens (primary N) is 1. The number of carbonyl (C=O) groups is 4. The third-order valence-electron chi connectivity index (χ3n) is 12.6. The largest absolute Gasteiger partial charge is 0.490 e. The van der Waals surface area contributed by atoms with Crippen LogP contribution < -0.4 is 30.3 Å². The Hall–Kier alpha value is -4.32. The molecule has 2 aliphatic carbocycles. The van der Waals surface area contributed by atoms with Crippen LogP contribution in [-0.4, -0.2) is 82.4 Å². The molecule has 3 heterocycles. The first-order valence-electron chi connectivity index (χ1n) is 20.1. The molecule has 2 aromatic carbocycles. The molecule has 2 unspecified atom stereocenters. The highest BCUT2D eigenvalue weighted by Gasteiger charge is 2.49. The number of aryl methyl sites for hydroxylation is 2. The molecule has 3 N–H and O–H groups in total. The molecule has 0 bridgehead atoms. The van der Waals surface area contributed by atoms with Crippen molar-refractivity contribution in [3.63, 3.8) is 0 Å². The molecular weight excluding hydrogens is 700 g/mol. The van der Waals surface area contributed by atoms with E-state index in [0.717, 1.165) is 72.9 Å². The van der Waals surface area contributed by atoms with Gasteiger partial charge in [0.15, 0.2) is 0 Å². The third-order valence-corrected chi connectivity index (χ3v) is 12.6. The van der Waals surface area contributed by atoms with E-state index in [2.05, 4.69) is 48.0 Å². The maximum atomic E-state index is 13.0. The van der Waals surface area contributed by atoms with Gasteiger partial charge in [-0.1, -0.05) is 19.1 Å². The van der Waals surface area contributed by atoms with Crippen molar-refractivity contribution in [2.24, 2.45) is 22.5 Å². The highest BCUT2D eigenvalue weighted by molar-refractivity contribution is 6.01. The number of methoxy groups -OCH3 is 2. The summed E-state index contributed by atoms with van der Waals surface area (Å²) in [4.78, 5) is 53.9. The zero-order valence-corrected chi connectivity index (χ0v) is 33.3. The summed E-state index contributed by atoms with van der Waals surface area (Å²) in [5.41, 5.74) is 8.93. The number of fused-ring (bicyclic) bond motifs is 2. The average Bonchev–Trinajstić information content (AvgIpc) is 3.45. The molecule has 0 aromatic heterocycles. The van der Waals surface area contributed by atoms with Gasteiger partial charge in [-0.2, -0.15) is 0 Å². The lowest BCUT2D eigenvalue weighted by atomic mass is 9.78. The van der Waals surface area contributed by atoms with Crippen molar-refractivity contribution in [3.05, 3.63) is 47.5 Å². The van der Waals surface area contributed by atoms with Crippen molar-refractivity contribution in [2.45, 2.75) is 116 Å². The number of esters is 2. The first-order valence-corrected chi connectivity index (χ1v) is 20.1. The van der Waals surface area contributed by atoms with E-state index in [1.807, 2.05) is 24.3 Å². The number of ether oxygens (including phenoxy) is 4. The Kier molecular flexibility index (Phi) is 12.6. The van der Waals surface area contributed by atoms with Gasteiger partial charge in [0.2, 0.25) is 11.8 Å². The molecule has 5 aliphatic rings. The van der Waals surface area contributed by atoms with Crippen molar-refractivity contribution in [2.75, 3.05) is 50.3 Å². The summed E-state index contributed by atoms with van der Waals surface area (Å²) in [6.45, 7) is 8.00. The standard InChI is InChI=1S/C23H33NO5.C20H27N3O3/c1-16-5-8-18(9-6-16)24-14-23(22(26)28-4,12-11-21(25)27-3)15-29-20-10-7-17(2)13-19(20)24;1-13-2-7-17-16(10-13)23(15-5-3-14(21)4-6-15)11-20(12-26-17)9-8-18(24)22-19(20)25/h7,10,13,16,18H,5-6,8-9,11-12,14-15H2,1-4H3;2,7,10,14-15H,3-6,8-9,11-12,21H2,1H3,(H,22,24,25). The highest BCUT2D eigenvalue weighted by atomic mass is 16.5. The van der Waals surface area contributed by atoms with Crippen LogP contribution in [0.5, 0.6) is 11.5 Å². The number of amides is 2. The van der Waals surface area contributed by atoms with Crippen molar-refractivity contribution < 1.29 is 38.1 Å². The van der Waals surface area contributed by atoms with Crippen LogP contribution in [0.3, 0.4) is 0 Å². The van der Waals surface area contributed by atoms with Crippen LogP contribution in [0.2, 0.25) is 0 Å². The molecule has 2 atom stereocenters. The molecular formula is C43H60N4O8. The number of nitrogens with one attached hydrogen (secondary N) is 1. The highest BCUT2D eigenvalue weighted by Crippen LogP contribution is 2.44. The molecule has 12 nitrogen and oxygen atoms in total. The second-order valence-electron chi connectivity index (χ2n) is 16.8. The fraction of sp³-hybridized carbons (Fsp3) is 0.628. The SMILES string of the molecule is COC(=O)CCC1(C(=O)OC)COc2ccc(C)cc2N(C2CCC(C)CC2)C1.Cc1ccc2c(c1)N(C1CCC(N)CC1)CC1(CCC(=O)NC1=O)CO2. The molecule has 3 aliphatic heterocycles. The molecule has 0 radical (unpaired) electrons. The van der Waals surface area contributed by atoms with Crippen molar-refractivity contribution >= 4 is 35.1 Å². The molecule has 7 rings (SSSR count).